The summed E-state index contributed by atoms with van der Waals surface area (Å²) in [6.07, 6.45) is 3.95. The van der Waals surface area contributed by atoms with E-state index in [1.54, 1.807) is 0 Å². The lowest BCUT2D eigenvalue weighted by atomic mass is 10.2. The third-order valence-corrected chi connectivity index (χ3v) is 4.76. The number of urea groups is 1. The average molecular weight is 376 g/mol. The number of aryl methyl sites for hydroxylation is 1. The molecular weight excluding hydrogens is 352 g/mol. The quantitative estimate of drug-likeness (QED) is 0.615. The van der Waals surface area contributed by atoms with E-state index in [1.807, 2.05) is 29.6 Å². The van der Waals surface area contributed by atoms with Gasteiger partial charge in [0.15, 0.2) is 5.13 Å². The Labute approximate surface area is 156 Å². The fourth-order valence-corrected chi connectivity index (χ4v) is 3.28. The van der Waals surface area contributed by atoms with Gasteiger partial charge in [-0.1, -0.05) is 0 Å². The topological polar surface area (TPSA) is 98.5 Å². The van der Waals surface area contributed by atoms with Gasteiger partial charge in [0.1, 0.15) is 12.4 Å². The van der Waals surface area contributed by atoms with Gasteiger partial charge >= 0.3 is 6.03 Å². The Kier molecular flexibility index (Phi) is 6.68. The molecule has 0 radical (unpaired) electrons. The first kappa shape index (κ1) is 18.5. The van der Waals surface area contributed by atoms with Crippen molar-refractivity contribution in [3.8, 4) is 5.75 Å². The van der Waals surface area contributed by atoms with E-state index in [4.69, 9.17) is 15.2 Å². The highest BCUT2D eigenvalue weighted by molar-refractivity contribution is 7.13. The first-order valence-corrected chi connectivity index (χ1v) is 9.66. The van der Waals surface area contributed by atoms with Gasteiger partial charge in [0.25, 0.3) is 0 Å². The van der Waals surface area contributed by atoms with E-state index < -0.39 is 0 Å². The summed E-state index contributed by atoms with van der Waals surface area (Å²) in [7, 11) is 0. The lowest BCUT2D eigenvalue weighted by molar-refractivity contribution is 0.0679. The van der Waals surface area contributed by atoms with Crippen molar-refractivity contribution >= 4 is 28.2 Å². The third kappa shape index (κ3) is 5.89. The van der Waals surface area contributed by atoms with Crippen LogP contribution in [0.1, 0.15) is 25.0 Å². The molecule has 2 aromatic rings. The molecule has 1 atom stereocenters. The van der Waals surface area contributed by atoms with Crippen molar-refractivity contribution in [2.75, 3.05) is 30.8 Å². The molecule has 8 heteroatoms. The molecule has 0 aliphatic carbocycles. The van der Waals surface area contributed by atoms with Crippen LogP contribution in [0.5, 0.6) is 5.75 Å². The number of amides is 2. The van der Waals surface area contributed by atoms with Gasteiger partial charge in [-0.3, -0.25) is 0 Å². The molecule has 1 fully saturated rings. The average Bonchev–Trinajstić information content (AvgIpc) is 3.30. The van der Waals surface area contributed by atoms with Gasteiger partial charge in [-0.05, 0) is 49.9 Å². The largest absolute Gasteiger partial charge is 0.491 e. The summed E-state index contributed by atoms with van der Waals surface area (Å²) in [6.45, 7) is 1.97. The van der Waals surface area contributed by atoms with E-state index >= 15 is 0 Å². The van der Waals surface area contributed by atoms with E-state index in [9.17, 15) is 4.79 Å². The highest BCUT2D eigenvalue weighted by atomic mass is 32.1. The van der Waals surface area contributed by atoms with Crippen molar-refractivity contribution < 1.29 is 14.3 Å². The van der Waals surface area contributed by atoms with Gasteiger partial charge in [-0.15, -0.1) is 11.3 Å². The Morgan fingerprint density at radius 1 is 1.38 bits per heavy atom. The van der Waals surface area contributed by atoms with Crippen LogP contribution in [0.25, 0.3) is 0 Å². The van der Waals surface area contributed by atoms with Crippen LogP contribution in [0.2, 0.25) is 0 Å². The number of nitrogens with two attached hydrogens (primary N) is 1. The van der Waals surface area contributed by atoms with E-state index in [0.29, 0.717) is 18.3 Å². The van der Waals surface area contributed by atoms with Crippen LogP contribution < -0.4 is 21.1 Å². The number of anilines is 2. The molecule has 0 unspecified atom stereocenters. The molecule has 140 valence electrons. The molecule has 2 amide bonds. The normalized spacial score (nSPS) is 16.4. The minimum atomic E-state index is -0.226. The second kappa shape index (κ2) is 9.40. The number of carbonyl (C=O) groups is 1. The number of hydrogen-bond acceptors (Lipinski definition) is 6. The molecule has 1 saturated heterocycles. The van der Waals surface area contributed by atoms with Crippen molar-refractivity contribution in [3.05, 3.63) is 35.3 Å². The Morgan fingerprint density at radius 3 is 2.92 bits per heavy atom. The minimum Gasteiger partial charge on any atom is -0.491 e. The van der Waals surface area contributed by atoms with Crippen LogP contribution in [-0.2, 0) is 11.2 Å². The highest BCUT2D eigenvalue weighted by Gasteiger charge is 2.15. The molecule has 1 aliphatic heterocycles. The molecule has 4 N–H and O–H groups in total. The van der Waals surface area contributed by atoms with Crippen LogP contribution in [0.15, 0.2) is 29.6 Å². The Hall–Kier alpha value is -2.32. The number of nitrogens with zero attached hydrogens (tertiary/aromatic N) is 1. The summed E-state index contributed by atoms with van der Waals surface area (Å²) >= 11 is 1.43. The molecule has 7 nitrogen and oxygen atoms in total. The van der Waals surface area contributed by atoms with Gasteiger partial charge < -0.3 is 25.8 Å². The molecule has 0 saturated carbocycles. The standard InChI is InChI=1S/C18H24N4O3S/c19-17-21-14(12-26-17)3-1-9-20-18(23)22-13-5-7-15(8-6-13)25-11-16-4-2-10-24-16/h5-8,12,16H,1-4,9-11H2,(H2,19,21)(H2,20,22,23)/t16-/m0/s1. The molecule has 1 aromatic heterocycles. The molecule has 26 heavy (non-hydrogen) atoms. The Balaban J connectivity index is 1.33. The van der Waals surface area contributed by atoms with Crippen LogP contribution in [-0.4, -0.2) is 36.9 Å². The predicted octanol–water partition coefficient (Wildman–Crippen LogP) is 3.04. The number of aromatic nitrogens is 1. The Bertz CT molecular complexity index is 699. The van der Waals surface area contributed by atoms with Crippen molar-refractivity contribution in [2.24, 2.45) is 0 Å². The zero-order valence-corrected chi connectivity index (χ0v) is 15.4. The molecular formula is C18H24N4O3S. The van der Waals surface area contributed by atoms with Crippen LogP contribution >= 0.6 is 11.3 Å². The lowest BCUT2D eigenvalue weighted by Crippen LogP contribution is -2.29. The number of ether oxygens (including phenoxy) is 2. The summed E-state index contributed by atoms with van der Waals surface area (Å²) in [5.74, 6) is 0.772. The predicted molar refractivity (Wildman–Crippen MR) is 103 cm³/mol. The molecule has 0 bridgehead atoms. The van der Waals surface area contributed by atoms with Gasteiger partial charge in [0.05, 0.1) is 11.8 Å². The molecule has 1 aromatic carbocycles. The number of carbonyl (C=O) groups excluding carboxylic acids is 1. The van der Waals surface area contributed by atoms with Crippen LogP contribution in [0, 0.1) is 0 Å². The van der Waals surface area contributed by atoms with Gasteiger partial charge in [0, 0.05) is 24.2 Å². The highest BCUT2D eigenvalue weighted by Crippen LogP contribution is 2.18. The summed E-state index contributed by atoms with van der Waals surface area (Å²) in [5.41, 5.74) is 7.28. The number of hydrogen-bond donors (Lipinski definition) is 3. The van der Waals surface area contributed by atoms with Crippen LogP contribution in [0.4, 0.5) is 15.6 Å². The fraction of sp³-hybridized carbons (Fsp3) is 0.444. The maximum Gasteiger partial charge on any atom is 0.319 e. The molecule has 3 rings (SSSR count). The van der Waals surface area contributed by atoms with E-state index in [1.165, 1.54) is 11.3 Å². The maximum absolute atomic E-state index is 11.9. The first-order valence-electron chi connectivity index (χ1n) is 8.78. The first-order chi connectivity index (χ1) is 12.7. The number of nitrogen functional groups attached to an aromatic ring is 1. The summed E-state index contributed by atoms with van der Waals surface area (Å²) in [5, 5.41) is 8.16. The lowest BCUT2D eigenvalue weighted by Gasteiger charge is -2.12. The van der Waals surface area contributed by atoms with Gasteiger partial charge in [0.2, 0.25) is 0 Å². The van der Waals surface area contributed by atoms with Gasteiger partial charge in [-0.25, -0.2) is 9.78 Å². The van der Waals surface area contributed by atoms with Gasteiger partial charge in [-0.2, -0.15) is 0 Å². The molecule has 0 spiro atoms. The SMILES string of the molecule is Nc1nc(CCCNC(=O)Nc2ccc(OC[C@@H]3CCCO3)cc2)cs1. The molecule has 2 heterocycles. The summed E-state index contributed by atoms with van der Waals surface area (Å²) in [4.78, 5) is 16.1. The fourth-order valence-electron chi connectivity index (χ4n) is 2.68. The number of benzene rings is 1. The molecule has 1 aliphatic rings. The zero-order valence-electron chi connectivity index (χ0n) is 14.6. The second-order valence-corrected chi connectivity index (χ2v) is 7.02. The minimum absolute atomic E-state index is 0.194. The summed E-state index contributed by atoms with van der Waals surface area (Å²) < 4.78 is 11.2. The smallest absolute Gasteiger partial charge is 0.319 e. The maximum atomic E-state index is 11.9. The van der Waals surface area contributed by atoms with E-state index in [2.05, 4.69) is 15.6 Å². The number of rotatable bonds is 8. The summed E-state index contributed by atoms with van der Waals surface area (Å²) in [6, 6.07) is 7.11. The van der Waals surface area contributed by atoms with E-state index in [-0.39, 0.29) is 12.1 Å². The van der Waals surface area contributed by atoms with Crippen LogP contribution in [0.3, 0.4) is 0 Å². The van der Waals surface area contributed by atoms with Crippen molar-refractivity contribution in [1.29, 1.82) is 0 Å². The van der Waals surface area contributed by atoms with Crippen molar-refractivity contribution in [2.45, 2.75) is 31.8 Å². The zero-order chi connectivity index (χ0) is 18.2. The monoisotopic (exact) mass is 376 g/mol. The van der Waals surface area contributed by atoms with Crippen molar-refractivity contribution in [3.63, 3.8) is 0 Å². The third-order valence-electron chi connectivity index (χ3n) is 4.04. The number of thiazole rings is 1. The Morgan fingerprint density at radius 2 is 2.23 bits per heavy atom. The number of nitrogens with one attached hydrogen (secondary N) is 2. The van der Waals surface area contributed by atoms with Crippen molar-refractivity contribution in [1.82, 2.24) is 10.3 Å². The second-order valence-electron chi connectivity index (χ2n) is 6.13. The van der Waals surface area contributed by atoms with E-state index in [0.717, 1.165) is 49.4 Å².